The highest BCUT2D eigenvalue weighted by Gasteiger charge is 2.34. The van der Waals surface area contributed by atoms with Gasteiger partial charge in [-0.2, -0.15) is 5.26 Å². The van der Waals surface area contributed by atoms with E-state index in [0.717, 1.165) is 12.0 Å². The molecule has 0 saturated carbocycles. The zero-order valence-electron chi connectivity index (χ0n) is 15.8. The Morgan fingerprint density at radius 3 is 2.29 bits per heavy atom. The summed E-state index contributed by atoms with van der Waals surface area (Å²) in [5, 5.41) is 9.29. The van der Waals surface area contributed by atoms with Gasteiger partial charge in [-0.25, -0.2) is 4.39 Å². The second-order valence-corrected chi connectivity index (χ2v) is 11.0. The minimum atomic E-state index is -0.563. The molecule has 0 aliphatic heterocycles. The molecule has 1 N–H and O–H groups in total. The third-order valence-corrected chi connectivity index (χ3v) is 6.31. The first-order valence-electron chi connectivity index (χ1n) is 8.22. The molecular formula is C19H29FN2S2. The van der Waals surface area contributed by atoms with Gasteiger partial charge in [-0.3, -0.25) is 4.72 Å². The Morgan fingerprint density at radius 1 is 1.17 bits per heavy atom. The summed E-state index contributed by atoms with van der Waals surface area (Å²) in [7, 11) is 0. The standard InChI is InChI=1S/C19H29FN2S2/c1-8-14-9-10-16(20)15(11-14)19(7,22-24-17(2,3)4)13-23-18(5,6)12-21/h9-11,22H,8,13H2,1-7H3/t19-/m0/s1. The molecule has 24 heavy (non-hydrogen) atoms. The summed E-state index contributed by atoms with van der Waals surface area (Å²) in [5.74, 6) is 0.410. The van der Waals surface area contributed by atoms with Gasteiger partial charge in [-0.05, 0) is 59.6 Å². The fourth-order valence-electron chi connectivity index (χ4n) is 2.00. The number of nitrogens with one attached hydrogen (secondary N) is 1. The van der Waals surface area contributed by atoms with Gasteiger partial charge >= 0.3 is 0 Å². The lowest BCUT2D eigenvalue weighted by molar-refractivity contribution is 0.474. The van der Waals surface area contributed by atoms with Gasteiger partial charge in [0.15, 0.2) is 0 Å². The van der Waals surface area contributed by atoms with Gasteiger partial charge in [0.05, 0.1) is 16.4 Å². The molecule has 0 unspecified atom stereocenters. The number of nitrogens with zero attached hydrogens (tertiary/aromatic N) is 1. The summed E-state index contributed by atoms with van der Waals surface area (Å²) in [6.07, 6.45) is 0.868. The maximum Gasteiger partial charge on any atom is 0.128 e. The van der Waals surface area contributed by atoms with E-state index >= 15 is 0 Å². The van der Waals surface area contributed by atoms with E-state index in [2.05, 4.69) is 38.5 Å². The maximum absolute atomic E-state index is 14.6. The smallest absolute Gasteiger partial charge is 0.128 e. The number of nitriles is 1. The summed E-state index contributed by atoms with van der Waals surface area (Å²) >= 11 is 3.15. The van der Waals surface area contributed by atoms with Crippen molar-refractivity contribution < 1.29 is 4.39 Å². The number of hydrogen-bond donors (Lipinski definition) is 1. The van der Waals surface area contributed by atoms with Crippen LogP contribution in [0.5, 0.6) is 0 Å². The zero-order valence-corrected chi connectivity index (χ0v) is 17.4. The lowest BCUT2D eigenvalue weighted by atomic mass is 9.92. The Labute approximate surface area is 155 Å². The van der Waals surface area contributed by atoms with E-state index < -0.39 is 10.3 Å². The van der Waals surface area contributed by atoms with Crippen molar-refractivity contribution >= 4 is 23.7 Å². The molecule has 1 aromatic rings. The van der Waals surface area contributed by atoms with Gasteiger partial charge in [0.2, 0.25) is 0 Å². The molecule has 0 aliphatic rings. The van der Waals surface area contributed by atoms with Crippen molar-refractivity contribution in [3.05, 3.63) is 35.1 Å². The van der Waals surface area contributed by atoms with Crippen LogP contribution in [0.3, 0.4) is 0 Å². The monoisotopic (exact) mass is 368 g/mol. The SMILES string of the molecule is CCc1ccc(F)c([C@](C)(CSC(C)(C)C#N)NSC(C)(C)C)c1. The third kappa shape index (κ3) is 6.31. The van der Waals surface area contributed by atoms with Gasteiger partial charge < -0.3 is 0 Å². The maximum atomic E-state index is 14.6. The first-order valence-corrected chi connectivity index (χ1v) is 10.0. The molecule has 0 radical (unpaired) electrons. The lowest BCUT2D eigenvalue weighted by Gasteiger charge is -2.35. The average Bonchev–Trinajstić information content (AvgIpc) is 2.51. The fraction of sp³-hybridized carbons (Fsp3) is 0.632. The van der Waals surface area contributed by atoms with E-state index in [1.54, 1.807) is 29.8 Å². The molecule has 1 aromatic carbocycles. The molecule has 0 aliphatic carbocycles. The van der Waals surface area contributed by atoms with Crippen LogP contribution in [0.25, 0.3) is 0 Å². The van der Waals surface area contributed by atoms with Gasteiger partial charge in [0.25, 0.3) is 0 Å². The van der Waals surface area contributed by atoms with Crippen LogP contribution in [0.2, 0.25) is 0 Å². The van der Waals surface area contributed by atoms with Crippen LogP contribution in [-0.4, -0.2) is 15.2 Å². The molecule has 0 heterocycles. The summed E-state index contributed by atoms with van der Waals surface area (Å²) in [6.45, 7) is 14.2. The molecule has 1 atom stereocenters. The first-order chi connectivity index (χ1) is 10.9. The summed E-state index contributed by atoms with van der Waals surface area (Å²) in [4.78, 5) is 0. The quantitative estimate of drug-likeness (QED) is 0.629. The van der Waals surface area contributed by atoms with Crippen LogP contribution in [0.15, 0.2) is 18.2 Å². The Kier molecular flexibility index (Phi) is 7.22. The highest BCUT2D eigenvalue weighted by Crippen LogP contribution is 2.37. The number of aryl methyl sites for hydroxylation is 1. The van der Waals surface area contributed by atoms with Gasteiger partial charge in [-0.15, -0.1) is 11.8 Å². The Hall–Kier alpha value is -0.700. The topological polar surface area (TPSA) is 35.8 Å². The predicted molar refractivity (Wildman–Crippen MR) is 106 cm³/mol. The van der Waals surface area contributed by atoms with Crippen LogP contribution < -0.4 is 4.72 Å². The van der Waals surface area contributed by atoms with Crippen molar-refractivity contribution in [3.63, 3.8) is 0 Å². The minimum Gasteiger partial charge on any atom is -0.252 e. The van der Waals surface area contributed by atoms with E-state index in [9.17, 15) is 9.65 Å². The second kappa shape index (κ2) is 8.12. The predicted octanol–water partition coefficient (Wildman–Crippen LogP) is 5.67. The Balaban J connectivity index is 3.19. The van der Waals surface area contributed by atoms with Crippen molar-refractivity contribution in [2.75, 3.05) is 5.75 Å². The highest BCUT2D eigenvalue weighted by molar-refractivity contribution is 8.01. The van der Waals surface area contributed by atoms with Crippen molar-refractivity contribution in [2.45, 2.75) is 69.9 Å². The van der Waals surface area contributed by atoms with E-state index in [1.807, 2.05) is 32.9 Å². The number of hydrogen-bond acceptors (Lipinski definition) is 4. The van der Waals surface area contributed by atoms with Crippen molar-refractivity contribution in [3.8, 4) is 6.07 Å². The van der Waals surface area contributed by atoms with E-state index in [4.69, 9.17) is 0 Å². The van der Waals surface area contributed by atoms with Crippen LogP contribution in [0.4, 0.5) is 4.39 Å². The van der Waals surface area contributed by atoms with Crippen LogP contribution >= 0.6 is 23.7 Å². The van der Waals surface area contributed by atoms with Gasteiger partial charge in [0.1, 0.15) is 5.82 Å². The van der Waals surface area contributed by atoms with Crippen LogP contribution in [-0.2, 0) is 12.0 Å². The van der Waals surface area contributed by atoms with E-state index in [-0.39, 0.29) is 10.6 Å². The highest BCUT2D eigenvalue weighted by atomic mass is 32.2. The molecule has 0 bridgehead atoms. The Morgan fingerprint density at radius 2 is 1.79 bits per heavy atom. The lowest BCUT2D eigenvalue weighted by Crippen LogP contribution is -2.42. The molecular weight excluding hydrogens is 339 g/mol. The molecule has 1 rings (SSSR count). The molecule has 0 fully saturated rings. The van der Waals surface area contributed by atoms with E-state index in [1.165, 1.54) is 0 Å². The third-order valence-electron chi connectivity index (χ3n) is 3.61. The Bertz CT molecular complexity index is 602. The van der Waals surface area contributed by atoms with Crippen LogP contribution in [0, 0.1) is 17.1 Å². The second-order valence-electron chi connectivity index (χ2n) is 7.73. The molecule has 5 heteroatoms. The van der Waals surface area contributed by atoms with Gasteiger partial charge in [-0.1, -0.05) is 31.0 Å². The minimum absolute atomic E-state index is 0.00944. The summed E-state index contributed by atoms with van der Waals surface area (Å²) in [5.41, 5.74) is 1.22. The average molecular weight is 369 g/mol. The first kappa shape index (κ1) is 21.3. The van der Waals surface area contributed by atoms with Crippen molar-refractivity contribution in [1.29, 1.82) is 5.26 Å². The molecule has 0 aromatic heterocycles. The molecule has 134 valence electrons. The van der Waals surface area contributed by atoms with Crippen molar-refractivity contribution in [1.82, 2.24) is 4.72 Å². The van der Waals surface area contributed by atoms with E-state index in [0.29, 0.717) is 11.3 Å². The van der Waals surface area contributed by atoms with Gasteiger partial charge in [0, 0.05) is 16.1 Å². The molecule has 0 saturated heterocycles. The van der Waals surface area contributed by atoms with Crippen LogP contribution in [0.1, 0.15) is 59.6 Å². The largest absolute Gasteiger partial charge is 0.252 e. The summed E-state index contributed by atoms with van der Waals surface area (Å²) in [6, 6.07) is 7.65. The zero-order chi connectivity index (χ0) is 18.6. The molecule has 2 nitrogen and oxygen atoms in total. The fourth-order valence-corrected chi connectivity index (χ4v) is 3.75. The normalized spacial score (nSPS) is 15.0. The number of halogens is 1. The number of thioether (sulfide) groups is 1. The van der Waals surface area contributed by atoms with Crippen molar-refractivity contribution in [2.24, 2.45) is 0 Å². The summed E-state index contributed by atoms with van der Waals surface area (Å²) < 4.78 is 17.6. The molecule has 0 amide bonds. The number of rotatable bonds is 7. The molecule has 0 spiro atoms. The number of benzene rings is 1.